The van der Waals surface area contributed by atoms with Gasteiger partial charge in [-0.3, -0.25) is 9.59 Å². The molecule has 0 bridgehead atoms. The van der Waals surface area contributed by atoms with Crippen LogP contribution < -0.4 is 0 Å². The Labute approximate surface area is 144 Å². The third-order valence-corrected chi connectivity index (χ3v) is 5.12. The minimum Gasteiger partial charge on any atom is -0.465 e. The predicted octanol–water partition coefficient (Wildman–Crippen LogP) is 3.41. The van der Waals surface area contributed by atoms with Gasteiger partial charge in [0.05, 0.1) is 18.9 Å². The van der Waals surface area contributed by atoms with Gasteiger partial charge in [-0.25, -0.2) is 0 Å². The van der Waals surface area contributed by atoms with E-state index in [1.165, 1.54) is 0 Å². The van der Waals surface area contributed by atoms with Crippen molar-refractivity contribution in [2.75, 3.05) is 13.2 Å². The minimum absolute atomic E-state index is 0.0312. The average Bonchev–Trinajstić information content (AvgIpc) is 2.52. The van der Waals surface area contributed by atoms with Crippen molar-refractivity contribution in [3.8, 4) is 0 Å². The zero-order chi connectivity index (χ0) is 18.5. The first-order valence-corrected chi connectivity index (χ1v) is 8.68. The van der Waals surface area contributed by atoms with Gasteiger partial charge in [0.2, 0.25) is 0 Å². The summed E-state index contributed by atoms with van der Waals surface area (Å²) in [6.45, 7) is 11.7. The Kier molecular flexibility index (Phi) is 6.81. The highest BCUT2D eigenvalue weighted by molar-refractivity contribution is 6.05. The van der Waals surface area contributed by atoms with Gasteiger partial charge < -0.3 is 14.7 Å². The molecular formula is C18H31NO5. The zero-order valence-electron chi connectivity index (χ0n) is 15.7. The van der Waals surface area contributed by atoms with Gasteiger partial charge in [-0.15, -0.1) is 0 Å². The number of oxime groups is 1. The monoisotopic (exact) mass is 341 g/mol. The number of nitrogens with zero attached hydrogens (tertiary/aromatic N) is 1. The molecule has 6 nitrogen and oxygen atoms in total. The number of esters is 2. The third-order valence-electron chi connectivity index (χ3n) is 5.12. The zero-order valence-corrected chi connectivity index (χ0v) is 15.7. The highest BCUT2D eigenvalue weighted by Gasteiger charge is 2.55. The molecule has 0 aromatic rings. The lowest BCUT2D eigenvalue weighted by Crippen LogP contribution is -2.51. The first kappa shape index (κ1) is 20.5. The van der Waals surface area contributed by atoms with Gasteiger partial charge in [-0.05, 0) is 51.4 Å². The SMILES string of the molecule is CCOC(=O)C(C)(C(=O)OCC)[C@H]1C[C@H](C(C)(C)C)CC/C1=N\O. The fourth-order valence-corrected chi connectivity index (χ4v) is 3.44. The van der Waals surface area contributed by atoms with Crippen LogP contribution in [0.3, 0.4) is 0 Å². The molecule has 0 spiro atoms. The number of hydrogen-bond donors (Lipinski definition) is 1. The summed E-state index contributed by atoms with van der Waals surface area (Å²) in [5.41, 5.74) is -1.000. The molecule has 0 unspecified atom stereocenters. The molecule has 0 radical (unpaired) electrons. The van der Waals surface area contributed by atoms with E-state index in [4.69, 9.17) is 9.47 Å². The molecule has 1 rings (SSSR count). The van der Waals surface area contributed by atoms with Crippen molar-refractivity contribution in [3.63, 3.8) is 0 Å². The second-order valence-corrected chi connectivity index (χ2v) is 7.62. The Bertz CT molecular complexity index is 474. The molecular weight excluding hydrogens is 310 g/mol. The van der Waals surface area contributed by atoms with Crippen LogP contribution in [0.1, 0.15) is 60.8 Å². The first-order valence-electron chi connectivity index (χ1n) is 8.68. The first-order chi connectivity index (χ1) is 11.1. The fourth-order valence-electron chi connectivity index (χ4n) is 3.44. The second kappa shape index (κ2) is 7.99. The van der Waals surface area contributed by atoms with Gasteiger partial charge in [0.1, 0.15) is 0 Å². The van der Waals surface area contributed by atoms with Crippen LogP contribution in [0.25, 0.3) is 0 Å². The fraction of sp³-hybridized carbons (Fsp3) is 0.833. The third kappa shape index (κ3) is 4.08. The largest absolute Gasteiger partial charge is 0.465 e. The van der Waals surface area contributed by atoms with E-state index in [9.17, 15) is 14.8 Å². The summed E-state index contributed by atoms with van der Waals surface area (Å²) in [5, 5.41) is 12.8. The summed E-state index contributed by atoms with van der Waals surface area (Å²) in [6.07, 6.45) is 2.00. The van der Waals surface area contributed by atoms with Crippen molar-refractivity contribution in [3.05, 3.63) is 0 Å². The molecule has 1 aliphatic carbocycles. The molecule has 0 saturated heterocycles. The van der Waals surface area contributed by atoms with E-state index in [0.717, 1.165) is 6.42 Å². The van der Waals surface area contributed by atoms with Gasteiger partial charge >= 0.3 is 11.9 Å². The molecule has 2 atom stereocenters. The summed E-state index contributed by atoms with van der Waals surface area (Å²) in [7, 11) is 0. The van der Waals surface area contributed by atoms with E-state index in [2.05, 4.69) is 25.9 Å². The molecule has 6 heteroatoms. The summed E-state index contributed by atoms with van der Waals surface area (Å²) in [5.74, 6) is -1.47. The van der Waals surface area contributed by atoms with E-state index in [-0.39, 0.29) is 18.6 Å². The molecule has 138 valence electrons. The Morgan fingerprint density at radius 3 is 2.00 bits per heavy atom. The Morgan fingerprint density at radius 2 is 1.62 bits per heavy atom. The molecule has 1 aliphatic rings. The Balaban J connectivity index is 3.30. The maximum Gasteiger partial charge on any atom is 0.323 e. The molecule has 1 fully saturated rings. The lowest BCUT2D eigenvalue weighted by Gasteiger charge is -2.42. The number of ether oxygens (including phenoxy) is 2. The lowest BCUT2D eigenvalue weighted by molar-refractivity contribution is -0.174. The topological polar surface area (TPSA) is 85.2 Å². The maximum atomic E-state index is 12.6. The Morgan fingerprint density at radius 1 is 1.12 bits per heavy atom. The molecule has 1 saturated carbocycles. The van der Waals surface area contributed by atoms with Crippen molar-refractivity contribution in [1.29, 1.82) is 0 Å². The van der Waals surface area contributed by atoms with E-state index < -0.39 is 23.3 Å². The molecule has 1 N–H and O–H groups in total. The Hall–Kier alpha value is -1.59. The van der Waals surface area contributed by atoms with E-state index in [0.29, 0.717) is 24.5 Å². The summed E-state index contributed by atoms with van der Waals surface area (Å²) in [6, 6.07) is 0. The van der Waals surface area contributed by atoms with Gasteiger partial charge in [0, 0.05) is 5.92 Å². The van der Waals surface area contributed by atoms with E-state index in [1.54, 1.807) is 20.8 Å². The van der Waals surface area contributed by atoms with E-state index >= 15 is 0 Å². The second-order valence-electron chi connectivity index (χ2n) is 7.62. The molecule has 0 aromatic carbocycles. The van der Waals surface area contributed by atoms with E-state index in [1.807, 2.05) is 0 Å². The number of hydrogen-bond acceptors (Lipinski definition) is 6. The molecule has 0 aromatic heterocycles. The lowest BCUT2D eigenvalue weighted by atomic mass is 9.61. The van der Waals surface area contributed by atoms with Crippen LogP contribution in [0.5, 0.6) is 0 Å². The maximum absolute atomic E-state index is 12.6. The predicted molar refractivity (Wildman–Crippen MR) is 90.9 cm³/mol. The standard InChI is InChI=1S/C18H31NO5/c1-7-23-15(20)18(6,16(21)24-8-2)13-11-12(17(3,4)5)9-10-14(13)19-22/h12-13,22H,7-11H2,1-6H3/b19-14+/t12-,13+/m1/s1. The van der Waals surface area contributed by atoms with Crippen molar-refractivity contribution < 1.29 is 24.3 Å². The van der Waals surface area contributed by atoms with Crippen LogP contribution >= 0.6 is 0 Å². The molecule has 0 aliphatic heterocycles. The molecule has 24 heavy (non-hydrogen) atoms. The average molecular weight is 341 g/mol. The summed E-state index contributed by atoms with van der Waals surface area (Å²) >= 11 is 0. The molecule has 0 heterocycles. The van der Waals surface area contributed by atoms with Crippen LogP contribution in [-0.2, 0) is 19.1 Å². The normalized spacial score (nSPS) is 23.8. The van der Waals surface area contributed by atoms with Crippen LogP contribution in [0.2, 0.25) is 0 Å². The van der Waals surface area contributed by atoms with Gasteiger partial charge in [-0.2, -0.15) is 0 Å². The summed E-state index contributed by atoms with van der Waals surface area (Å²) < 4.78 is 10.3. The van der Waals surface area contributed by atoms with Crippen molar-refractivity contribution in [2.24, 2.45) is 27.8 Å². The van der Waals surface area contributed by atoms with Gasteiger partial charge in [0.15, 0.2) is 5.41 Å². The van der Waals surface area contributed by atoms with Crippen LogP contribution in [0.15, 0.2) is 5.16 Å². The summed E-state index contributed by atoms with van der Waals surface area (Å²) in [4.78, 5) is 25.3. The van der Waals surface area contributed by atoms with Crippen molar-refractivity contribution in [2.45, 2.75) is 60.8 Å². The minimum atomic E-state index is -1.50. The number of rotatable bonds is 5. The van der Waals surface area contributed by atoms with Crippen LogP contribution in [0, 0.1) is 22.7 Å². The van der Waals surface area contributed by atoms with Crippen LogP contribution in [-0.4, -0.2) is 36.1 Å². The van der Waals surface area contributed by atoms with Crippen LogP contribution in [0.4, 0.5) is 0 Å². The smallest absolute Gasteiger partial charge is 0.323 e. The van der Waals surface area contributed by atoms with Crippen molar-refractivity contribution >= 4 is 17.7 Å². The quantitative estimate of drug-likeness (QED) is 0.358. The highest BCUT2D eigenvalue weighted by atomic mass is 16.6. The van der Waals surface area contributed by atoms with Gasteiger partial charge in [0.25, 0.3) is 0 Å². The molecule has 0 amide bonds. The van der Waals surface area contributed by atoms with Crippen molar-refractivity contribution in [1.82, 2.24) is 0 Å². The van der Waals surface area contributed by atoms with Gasteiger partial charge in [-0.1, -0.05) is 25.9 Å². The highest BCUT2D eigenvalue weighted by Crippen LogP contribution is 2.46. The number of carbonyl (C=O) groups excluding carboxylic acids is 2. The number of carbonyl (C=O) groups is 2.